The van der Waals surface area contributed by atoms with Gasteiger partial charge in [-0.25, -0.2) is 0 Å². The maximum absolute atomic E-state index is 12.1. The van der Waals surface area contributed by atoms with Crippen molar-refractivity contribution in [3.63, 3.8) is 0 Å². The molecule has 4 N–H and O–H groups in total. The van der Waals surface area contributed by atoms with E-state index in [9.17, 15) is 9.46 Å². The molecular weight excluding hydrogens is 401 g/mol. The summed E-state index contributed by atoms with van der Waals surface area (Å²) >= 11 is 3.32. The van der Waals surface area contributed by atoms with Gasteiger partial charge in [0.2, 0.25) is 0 Å². The second-order valence-corrected chi connectivity index (χ2v) is 8.27. The van der Waals surface area contributed by atoms with Gasteiger partial charge in [-0.1, -0.05) is 60.7 Å². The van der Waals surface area contributed by atoms with Crippen molar-refractivity contribution in [1.82, 2.24) is 0 Å². The van der Waals surface area contributed by atoms with Crippen LogP contribution in [0.4, 0.5) is 5.82 Å². The number of anilines is 1. The van der Waals surface area contributed by atoms with Crippen LogP contribution in [-0.2, 0) is 4.57 Å². The molecule has 1 aromatic heterocycles. The molecule has 1 heterocycles. The molecule has 0 aliphatic rings. The second kappa shape index (κ2) is 8.30. The monoisotopic (exact) mass is 419 g/mol. The molecule has 3 aromatic rings. The van der Waals surface area contributed by atoms with Crippen molar-refractivity contribution >= 4 is 39.7 Å². The highest BCUT2D eigenvalue weighted by atomic mass is 79.9. The van der Waals surface area contributed by atoms with Gasteiger partial charge in [-0.3, -0.25) is 11.6 Å². The summed E-state index contributed by atoms with van der Waals surface area (Å²) in [4.78, 5) is 12.1. The van der Waals surface area contributed by atoms with Crippen molar-refractivity contribution in [2.45, 2.75) is 6.92 Å². The molecule has 0 fully saturated rings. The Balaban J connectivity index is 0.000000196. The smallest absolute Gasteiger partial charge is 0.295 e. The Labute approximate surface area is 155 Å². The highest BCUT2D eigenvalue weighted by Gasteiger charge is 2.12. The predicted octanol–water partition coefficient (Wildman–Crippen LogP) is 1.62. The molecule has 0 bridgehead atoms. The third-order valence-corrected chi connectivity index (χ3v) is 6.37. The Morgan fingerprint density at radius 2 is 1.36 bits per heavy atom. The summed E-state index contributed by atoms with van der Waals surface area (Å²) in [5, 5.41) is 0.715. The normalized spacial score (nSPS) is 10.7. The van der Waals surface area contributed by atoms with Crippen LogP contribution in [0.5, 0.6) is 0 Å². The number of nitrogen functional groups attached to an aromatic ring is 2. The average molecular weight is 420 g/mol. The topological polar surface area (TPSA) is 96.1 Å². The zero-order valence-electron chi connectivity index (χ0n) is 13.7. The number of benzene rings is 2. The van der Waals surface area contributed by atoms with Crippen molar-refractivity contribution in [2.24, 2.45) is 0 Å². The van der Waals surface area contributed by atoms with Gasteiger partial charge in [0.15, 0.2) is 0 Å². The molecule has 0 aliphatic heterocycles. The van der Waals surface area contributed by atoms with Crippen LogP contribution in [0.1, 0.15) is 5.69 Å². The van der Waals surface area contributed by atoms with Crippen LogP contribution in [0.25, 0.3) is 0 Å². The number of rotatable bonds is 2. The van der Waals surface area contributed by atoms with Crippen molar-refractivity contribution < 1.29 is 14.1 Å². The van der Waals surface area contributed by atoms with Crippen LogP contribution in [0.15, 0.2) is 77.3 Å². The van der Waals surface area contributed by atoms with E-state index < -0.39 is 7.37 Å². The first-order valence-corrected chi connectivity index (χ1v) is 9.90. The van der Waals surface area contributed by atoms with Gasteiger partial charge in [-0.05, 0) is 22.0 Å². The van der Waals surface area contributed by atoms with Crippen molar-refractivity contribution in [1.29, 1.82) is 0 Å². The molecule has 0 saturated heterocycles. The predicted molar refractivity (Wildman–Crippen MR) is 103 cm³/mol. The van der Waals surface area contributed by atoms with Gasteiger partial charge < -0.3 is 9.46 Å². The lowest BCUT2D eigenvalue weighted by Crippen LogP contribution is -2.49. The minimum absolute atomic E-state index is 0.358. The number of aromatic nitrogens is 1. The zero-order chi connectivity index (χ0) is 18.4. The number of hydrogen-bond donors (Lipinski definition) is 2. The molecule has 3 rings (SSSR count). The Morgan fingerprint density at radius 3 is 1.76 bits per heavy atom. The molecule has 25 heavy (non-hydrogen) atoms. The molecular formula is C18H19BrN3O2P. The van der Waals surface area contributed by atoms with E-state index in [1.807, 2.05) is 13.0 Å². The maximum atomic E-state index is 12.1. The van der Waals surface area contributed by atoms with Gasteiger partial charge in [-0.15, -0.1) is 4.68 Å². The molecule has 0 atom stereocenters. The summed E-state index contributed by atoms with van der Waals surface area (Å²) in [5.74, 6) is 6.10. The van der Waals surface area contributed by atoms with Crippen molar-refractivity contribution in [2.75, 3.05) is 11.6 Å². The first-order chi connectivity index (χ1) is 11.8. The zero-order valence-corrected chi connectivity index (χ0v) is 16.2. The average Bonchev–Trinajstić information content (AvgIpc) is 2.65. The molecule has 0 amide bonds. The number of hydrogen-bond acceptors (Lipinski definition) is 4. The Morgan fingerprint density at radius 1 is 0.920 bits per heavy atom. The molecule has 0 saturated carbocycles. The molecule has 0 unspecified atom stereocenters. The summed E-state index contributed by atoms with van der Waals surface area (Å²) in [5.41, 5.74) is 6.42. The summed E-state index contributed by atoms with van der Waals surface area (Å²) in [6.45, 7) is 1.89. The van der Waals surface area contributed by atoms with Gasteiger partial charge in [0.1, 0.15) is 5.69 Å². The fourth-order valence-corrected chi connectivity index (χ4v) is 3.82. The first-order valence-electron chi connectivity index (χ1n) is 7.48. The van der Waals surface area contributed by atoms with Crippen molar-refractivity contribution in [3.05, 3.63) is 83.0 Å². The number of nitrogens with two attached hydrogens (primary N) is 2. The minimum Gasteiger partial charge on any atom is -0.793 e. The summed E-state index contributed by atoms with van der Waals surface area (Å²) in [6.07, 6.45) is 0. The van der Waals surface area contributed by atoms with Gasteiger partial charge in [0, 0.05) is 23.6 Å². The van der Waals surface area contributed by atoms with Crippen LogP contribution in [0.3, 0.4) is 0 Å². The highest BCUT2D eigenvalue weighted by molar-refractivity contribution is 9.10. The van der Waals surface area contributed by atoms with E-state index in [0.717, 1.165) is 10.2 Å². The van der Waals surface area contributed by atoms with Crippen LogP contribution in [0, 0.1) is 6.92 Å². The van der Waals surface area contributed by atoms with Gasteiger partial charge in [-0.2, -0.15) is 0 Å². The first kappa shape index (κ1) is 19.2. The molecule has 0 radical (unpaired) electrons. The van der Waals surface area contributed by atoms with Gasteiger partial charge >= 0.3 is 0 Å². The minimum atomic E-state index is -3.65. The van der Waals surface area contributed by atoms with Crippen LogP contribution >= 0.6 is 23.3 Å². The summed E-state index contributed by atoms with van der Waals surface area (Å²) < 4.78 is 14.5. The molecule has 0 spiro atoms. The van der Waals surface area contributed by atoms with E-state index in [1.165, 1.54) is 4.68 Å². The molecule has 2 aromatic carbocycles. The number of nitrogens with zero attached hydrogens (tertiary/aromatic N) is 1. The highest BCUT2D eigenvalue weighted by Crippen LogP contribution is 2.32. The van der Waals surface area contributed by atoms with Crippen LogP contribution in [0.2, 0.25) is 0 Å². The van der Waals surface area contributed by atoms with E-state index in [4.69, 9.17) is 11.6 Å². The standard InChI is InChI=1S/C12H11O2P.C6H8BrN3/c13-15(14,11-7-3-1-4-8-11)12-9-5-2-6-10-12;1-4-5(7)2-3-6(8)10(4)9/h1-10H,(H,13,14);2-3,8H,9H2,1H3. The Bertz CT molecular complexity index is 819. The number of halogens is 1. The molecule has 0 aliphatic carbocycles. The SMILES string of the molecule is Cc1c(Br)ccc(N)[n+]1N.O=P([O-])(c1ccccc1)c1ccccc1. The van der Waals surface area contributed by atoms with E-state index in [0.29, 0.717) is 16.4 Å². The largest absolute Gasteiger partial charge is 0.793 e. The molecule has 5 nitrogen and oxygen atoms in total. The summed E-state index contributed by atoms with van der Waals surface area (Å²) in [6, 6.07) is 20.6. The third-order valence-electron chi connectivity index (χ3n) is 3.58. The second-order valence-electron chi connectivity index (χ2n) is 5.28. The van der Waals surface area contributed by atoms with Crippen molar-refractivity contribution in [3.8, 4) is 0 Å². The molecule has 7 heteroatoms. The van der Waals surface area contributed by atoms with E-state index >= 15 is 0 Å². The Hall–Kier alpha value is -2.14. The van der Waals surface area contributed by atoms with E-state index in [1.54, 1.807) is 66.7 Å². The maximum Gasteiger partial charge on any atom is 0.295 e. The van der Waals surface area contributed by atoms with E-state index in [-0.39, 0.29) is 0 Å². The van der Waals surface area contributed by atoms with Crippen LogP contribution < -0.4 is 31.8 Å². The van der Waals surface area contributed by atoms with E-state index in [2.05, 4.69) is 15.9 Å². The lowest BCUT2D eigenvalue weighted by atomic mass is 10.4. The quantitative estimate of drug-likeness (QED) is 0.374. The van der Waals surface area contributed by atoms with Crippen LogP contribution in [-0.4, -0.2) is 0 Å². The summed E-state index contributed by atoms with van der Waals surface area (Å²) in [7, 11) is -3.65. The lowest BCUT2D eigenvalue weighted by Gasteiger charge is -2.23. The number of pyridine rings is 1. The fourth-order valence-electron chi connectivity index (χ4n) is 2.07. The Kier molecular flexibility index (Phi) is 6.37. The van der Waals surface area contributed by atoms with Gasteiger partial charge in [0.25, 0.3) is 5.82 Å². The fraction of sp³-hybridized carbons (Fsp3) is 0.0556. The molecule has 130 valence electrons. The van der Waals surface area contributed by atoms with Gasteiger partial charge in [0.05, 0.1) is 11.8 Å². The third kappa shape index (κ3) is 4.69. The lowest BCUT2D eigenvalue weighted by molar-refractivity contribution is -0.631.